The average Bonchev–Trinajstić information content (AvgIpc) is 2.63. The molecule has 0 aliphatic heterocycles. The van der Waals surface area contributed by atoms with Gasteiger partial charge in [-0.25, -0.2) is 4.79 Å². The van der Waals surface area contributed by atoms with Crippen molar-refractivity contribution in [2.45, 2.75) is 40.2 Å². The standard InChI is InChI=1S/C21H28N2O3/c1-5-17-9-7-8-10-19(17)26-14-22-21(24)23-16(4)18-13-15(3)11-12-20(18)25-6-2/h7-13,16H,5-6,14H2,1-4H3,(H2,22,23,24). The van der Waals surface area contributed by atoms with E-state index in [0.29, 0.717) is 6.61 Å². The van der Waals surface area contributed by atoms with Crippen LogP contribution in [0.3, 0.4) is 0 Å². The lowest BCUT2D eigenvalue weighted by Gasteiger charge is -2.19. The molecule has 1 unspecified atom stereocenters. The predicted molar refractivity (Wildman–Crippen MR) is 104 cm³/mol. The highest BCUT2D eigenvalue weighted by atomic mass is 16.5. The van der Waals surface area contributed by atoms with Crippen LogP contribution < -0.4 is 20.1 Å². The topological polar surface area (TPSA) is 59.6 Å². The number of urea groups is 1. The first-order valence-corrected chi connectivity index (χ1v) is 9.03. The number of rotatable bonds is 8. The monoisotopic (exact) mass is 356 g/mol. The largest absolute Gasteiger partial charge is 0.494 e. The van der Waals surface area contributed by atoms with Crippen molar-refractivity contribution in [3.8, 4) is 11.5 Å². The number of benzene rings is 2. The molecule has 0 spiro atoms. The number of aryl methyl sites for hydroxylation is 2. The van der Waals surface area contributed by atoms with Gasteiger partial charge in [-0.1, -0.05) is 42.8 Å². The van der Waals surface area contributed by atoms with Crippen LogP contribution in [0.5, 0.6) is 11.5 Å². The van der Waals surface area contributed by atoms with Gasteiger partial charge in [-0.15, -0.1) is 0 Å². The predicted octanol–water partition coefficient (Wildman–Crippen LogP) is 4.35. The lowest BCUT2D eigenvalue weighted by Crippen LogP contribution is -2.39. The SMILES string of the molecule is CCOc1ccc(C)cc1C(C)NC(=O)NCOc1ccccc1CC. The minimum absolute atomic E-state index is 0.113. The second-order valence-corrected chi connectivity index (χ2v) is 6.10. The second kappa shape index (κ2) is 9.70. The molecule has 0 heterocycles. The number of nitrogens with one attached hydrogen (secondary N) is 2. The van der Waals surface area contributed by atoms with Crippen LogP contribution in [-0.2, 0) is 6.42 Å². The Balaban J connectivity index is 1.90. The third-order valence-electron chi connectivity index (χ3n) is 4.09. The highest BCUT2D eigenvalue weighted by molar-refractivity contribution is 5.74. The van der Waals surface area contributed by atoms with Gasteiger partial charge in [-0.2, -0.15) is 0 Å². The van der Waals surface area contributed by atoms with E-state index in [0.717, 1.165) is 34.6 Å². The Hall–Kier alpha value is -2.69. The Morgan fingerprint density at radius 2 is 1.85 bits per heavy atom. The van der Waals surface area contributed by atoms with Gasteiger partial charge in [0.2, 0.25) is 0 Å². The van der Waals surface area contributed by atoms with Gasteiger partial charge >= 0.3 is 6.03 Å². The molecular weight excluding hydrogens is 328 g/mol. The van der Waals surface area contributed by atoms with Crippen molar-refractivity contribution in [2.75, 3.05) is 13.3 Å². The fraction of sp³-hybridized carbons (Fsp3) is 0.381. The van der Waals surface area contributed by atoms with Gasteiger partial charge in [0, 0.05) is 5.56 Å². The molecule has 5 nitrogen and oxygen atoms in total. The first-order valence-electron chi connectivity index (χ1n) is 9.03. The van der Waals surface area contributed by atoms with Crippen LogP contribution in [0.25, 0.3) is 0 Å². The maximum absolute atomic E-state index is 12.2. The van der Waals surface area contributed by atoms with Crippen LogP contribution in [-0.4, -0.2) is 19.4 Å². The number of amides is 2. The molecule has 0 saturated carbocycles. The second-order valence-electron chi connectivity index (χ2n) is 6.10. The highest BCUT2D eigenvalue weighted by Gasteiger charge is 2.14. The summed E-state index contributed by atoms with van der Waals surface area (Å²) in [6, 6.07) is 13.3. The minimum Gasteiger partial charge on any atom is -0.494 e. The zero-order valence-corrected chi connectivity index (χ0v) is 16.0. The third kappa shape index (κ3) is 5.41. The van der Waals surface area contributed by atoms with E-state index in [1.165, 1.54) is 0 Å². The Morgan fingerprint density at radius 1 is 1.08 bits per heavy atom. The summed E-state index contributed by atoms with van der Waals surface area (Å²) in [6.45, 7) is 8.66. The Kier molecular flexibility index (Phi) is 7.33. The maximum Gasteiger partial charge on any atom is 0.317 e. The number of ether oxygens (including phenoxy) is 2. The third-order valence-corrected chi connectivity index (χ3v) is 4.09. The normalized spacial score (nSPS) is 11.5. The van der Waals surface area contributed by atoms with Crippen molar-refractivity contribution in [3.05, 3.63) is 59.2 Å². The number of hydrogen-bond donors (Lipinski definition) is 2. The van der Waals surface area contributed by atoms with Crippen molar-refractivity contribution in [1.82, 2.24) is 10.6 Å². The number of carbonyl (C=O) groups is 1. The minimum atomic E-state index is -0.282. The lowest BCUT2D eigenvalue weighted by molar-refractivity contribution is 0.220. The van der Waals surface area contributed by atoms with Crippen molar-refractivity contribution in [1.29, 1.82) is 0 Å². The molecule has 0 bridgehead atoms. The lowest BCUT2D eigenvalue weighted by atomic mass is 10.0. The van der Waals surface area contributed by atoms with E-state index in [-0.39, 0.29) is 18.8 Å². The molecule has 140 valence electrons. The molecule has 0 fully saturated rings. The molecule has 2 amide bonds. The molecule has 2 rings (SSSR count). The molecular formula is C21H28N2O3. The molecule has 0 aliphatic rings. The number of carbonyl (C=O) groups excluding carboxylic acids is 1. The summed E-state index contributed by atoms with van der Waals surface area (Å²) in [5, 5.41) is 5.66. The van der Waals surface area contributed by atoms with E-state index in [4.69, 9.17) is 9.47 Å². The van der Waals surface area contributed by atoms with Gasteiger partial charge in [-0.05, 0) is 44.9 Å². The van der Waals surface area contributed by atoms with Crippen molar-refractivity contribution in [2.24, 2.45) is 0 Å². The van der Waals surface area contributed by atoms with Crippen molar-refractivity contribution >= 4 is 6.03 Å². The van der Waals surface area contributed by atoms with Gasteiger partial charge in [0.1, 0.15) is 11.5 Å². The summed E-state index contributed by atoms with van der Waals surface area (Å²) in [4.78, 5) is 12.2. The molecule has 2 N–H and O–H groups in total. The first-order chi connectivity index (χ1) is 12.5. The Labute approximate surface area is 155 Å². The van der Waals surface area contributed by atoms with Crippen LogP contribution in [0, 0.1) is 6.92 Å². The summed E-state index contributed by atoms with van der Waals surface area (Å²) in [5.74, 6) is 1.58. The van der Waals surface area contributed by atoms with Crippen LogP contribution in [0.2, 0.25) is 0 Å². The molecule has 0 saturated heterocycles. The zero-order chi connectivity index (χ0) is 18.9. The van der Waals surface area contributed by atoms with Crippen LogP contribution in [0.15, 0.2) is 42.5 Å². The van der Waals surface area contributed by atoms with Crippen LogP contribution >= 0.6 is 0 Å². The summed E-state index contributed by atoms with van der Waals surface area (Å²) in [6.07, 6.45) is 0.882. The fourth-order valence-corrected chi connectivity index (χ4v) is 2.73. The van der Waals surface area contributed by atoms with Gasteiger partial charge < -0.3 is 20.1 Å². The summed E-state index contributed by atoms with van der Waals surface area (Å²) >= 11 is 0. The molecule has 0 aromatic heterocycles. The van der Waals surface area contributed by atoms with Crippen LogP contribution in [0.4, 0.5) is 4.79 Å². The average molecular weight is 356 g/mol. The van der Waals surface area contributed by atoms with Crippen molar-refractivity contribution in [3.63, 3.8) is 0 Å². The molecule has 2 aromatic rings. The van der Waals surface area contributed by atoms with E-state index in [1.54, 1.807) is 0 Å². The number of hydrogen-bond acceptors (Lipinski definition) is 3. The molecule has 2 aromatic carbocycles. The molecule has 1 atom stereocenters. The zero-order valence-electron chi connectivity index (χ0n) is 16.0. The van der Waals surface area contributed by atoms with Crippen LogP contribution in [0.1, 0.15) is 43.5 Å². The van der Waals surface area contributed by atoms with E-state index < -0.39 is 0 Å². The Morgan fingerprint density at radius 3 is 2.58 bits per heavy atom. The van der Waals surface area contributed by atoms with Gasteiger partial charge in [0.25, 0.3) is 0 Å². The van der Waals surface area contributed by atoms with E-state index in [2.05, 4.69) is 17.6 Å². The molecule has 26 heavy (non-hydrogen) atoms. The number of para-hydroxylation sites is 1. The molecule has 0 radical (unpaired) electrons. The summed E-state index contributed by atoms with van der Waals surface area (Å²) in [5.41, 5.74) is 3.19. The van der Waals surface area contributed by atoms with E-state index >= 15 is 0 Å². The quantitative estimate of drug-likeness (QED) is 0.691. The smallest absolute Gasteiger partial charge is 0.317 e. The van der Waals surface area contributed by atoms with E-state index in [1.807, 2.05) is 63.2 Å². The Bertz CT molecular complexity index is 731. The van der Waals surface area contributed by atoms with E-state index in [9.17, 15) is 4.79 Å². The summed E-state index contributed by atoms with van der Waals surface area (Å²) < 4.78 is 11.3. The van der Waals surface area contributed by atoms with Gasteiger partial charge in [0.05, 0.1) is 12.6 Å². The van der Waals surface area contributed by atoms with Crippen molar-refractivity contribution < 1.29 is 14.3 Å². The van der Waals surface area contributed by atoms with Gasteiger partial charge in [0.15, 0.2) is 6.73 Å². The fourth-order valence-electron chi connectivity index (χ4n) is 2.73. The first kappa shape index (κ1) is 19.6. The summed E-state index contributed by atoms with van der Waals surface area (Å²) in [7, 11) is 0. The molecule has 0 aliphatic carbocycles. The maximum atomic E-state index is 12.2. The molecule has 5 heteroatoms. The van der Waals surface area contributed by atoms with Gasteiger partial charge in [-0.3, -0.25) is 0 Å². The highest BCUT2D eigenvalue weighted by Crippen LogP contribution is 2.26.